The molecule has 248 valence electrons. The van der Waals surface area contributed by atoms with E-state index in [-0.39, 0.29) is 18.0 Å². The first-order valence-corrected chi connectivity index (χ1v) is 16.1. The Balaban J connectivity index is 1.22. The highest BCUT2D eigenvalue weighted by atomic mass is 16.2. The Morgan fingerprint density at radius 1 is 1.00 bits per heavy atom. The predicted octanol–water partition coefficient (Wildman–Crippen LogP) is 5.38. The van der Waals surface area contributed by atoms with E-state index in [1.165, 1.54) is 11.1 Å². The number of nitrogens with one attached hydrogen (secondary N) is 2. The molecule has 13 heteroatoms. The first kappa shape index (κ1) is 32.6. The number of hydrogen-bond acceptors (Lipinski definition) is 9. The lowest BCUT2D eigenvalue weighted by molar-refractivity contribution is -0.130. The molecule has 0 spiro atoms. The normalized spacial score (nSPS) is 13.8. The highest BCUT2D eigenvalue weighted by Crippen LogP contribution is 2.30. The fourth-order valence-electron chi connectivity index (χ4n) is 5.97. The van der Waals surface area contributed by atoms with Crippen molar-refractivity contribution in [3.05, 3.63) is 103 Å². The molecule has 1 fully saturated rings. The van der Waals surface area contributed by atoms with E-state index in [1.807, 2.05) is 96.7 Å². The zero-order valence-corrected chi connectivity index (χ0v) is 27.6. The third kappa shape index (κ3) is 7.49. The lowest BCUT2D eigenvalue weighted by Gasteiger charge is -2.27. The van der Waals surface area contributed by atoms with Gasteiger partial charge in [-0.1, -0.05) is 30.3 Å². The molecule has 5 aromatic rings. The number of nitriles is 1. The van der Waals surface area contributed by atoms with Crippen molar-refractivity contribution in [3.8, 4) is 17.2 Å². The number of anilines is 5. The number of aryl methyl sites for hydroxylation is 1. The van der Waals surface area contributed by atoms with Crippen molar-refractivity contribution in [3.63, 3.8) is 0 Å². The van der Waals surface area contributed by atoms with Gasteiger partial charge in [0.2, 0.25) is 11.9 Å². The monoisotopic (exact) mass is 655 g/mol. The van der Waals surface area contributed by atoms with E-state index in [0.29, 0.717) is 60.7 Å². The van der Waals surface area contributed by atoms with Crippen molar-refractivity contribution in [2.75, 3.05) is 34.8 Å². The number of benzene rings is 2. The lowest BCUT2D eigenvalue weighted by Crippen LogP contribution is -2.40. The molecule has 1 unspecified atom stereocenters. The van der Waals surface area contributed by atoms with Gasteiger partial charge in [0.05, 0.1) is 24.1 Å². The number of rotatable bonds is 10. The minimum atomic E-state index is -0.332. The van der Waals surface area contributed by atoms with Crippen LogP contribution in [0.25, 0.3) is 11.1 Å². The number of carbonyl (C=O) groups excluding carboxylic acids is 2. The smallest absolute Gasteiger partial charge is 0.327 e. The van der Waals surface area contributed by atoms with Gasteiger partial charge in [-0.05, 0) is 55.3 Å². The van der Waals surface area contributed by atoms with Crippen molar-refractivity contribution >= 4 is 40.9 Å². The summed E-state index contributed by atoms with van der Waals surface area (Å²) < 4.78 is 1.73. The number of pyridine rings is 1. The molecule has 0 aliphatic carbocycles. The van der Waals surface area contributed by atoms with Crippen LogP contribution in [0.3, 0.4) is 0 Å². The molecular formula is C36H37N11O2. The van der Waals surface area contributed by atoms with E-state index in [2.05, 4.69) is 31.8 Å². The Morgan fingerprint density at radius 2 is 1.80 bits per heavy atom. The molecule has 6 rings (SSSR count). The summed E-state index contributed by atoms with van der Waals surface area (Å²) >= 11 is 0. The molecule has 1 aliphatic heterocycles. The third-order valence-electron chi connectivity index (χ3n) is 8.42. The number of nitrogens with zero attached hydrogens (tertiary/aromatic N) is 9. The molecule has 4 heterocycles. The zero-order chi connectivity index (χ0) is 34.3. The van der Waals surface area contributed by atoms with E-state index < -0.39 is 0 Å². The van der Waals surface area contributed by atoms with Crippen molar-refractivity contribution in [2.24, 2.45) is 7.05 Å². The van der Waals surface area contributed by atoms with Crippen LogP contribution in [-0.2, 0) is 18.4 Å². The van der Waals surface area contributed by atoms with Gasteiger partial charge in [-0.3, -0.25) is 9.48 Å². The Labute approximate surface area is 284 Å². The van der Waals surface area contributed by atoms with Gasteiger partial charge < -0.3 is 20.4 Å². The topological polar surface area (TPSA) is 148 Å². The van der Waals surface area contributed by atoms with Gasteiger partial charge in [0.15, 0.2) is 5.82 Å². The zero-order valence-electron chi connectivity index (χ0n) is 27.6. The molecule has 0 saturated carbocycles. The largest absolute Gasteiger partial charge is 0.353 e. The second-order valence-corrected chi connectivity index (χ2v) is 11.7. The van der Waals surface area contributed by atoms with Crippen LogP contribution in [0.15, 0.2) is 91.5 Å². The summed E-state index contributed by atoms with van der Waals surface area (Å²) in [6.07, 6.45) is 7.70. The SMILES string of the molecule is CCN(C(C)=O)C1CCN(c2nc(Nc3ccc(N(C(=O)NCc4ccccc4)c4ccc(-c5cnn(C)c5)cn4)cc3)ncc2C#N)C1. The highest BCUT2D eigenvalue weighted by Gasteiger charge is 2.30. The van der Waals surface area contributed by atoms with Gasteiger partial charge in [-0.15, -0.1) is 0 Å². The van der Waals surface area contributed by atoms with Crippen LogP contribution in [0.1, 0.15) is 31.4 Å². The Bertz CT molecular complexity index is 1950. The van der Waals surface area contributed by atoms with Gasteiger partial charge >= 0.3 is 6.03 Å². The average molecular weight is 656 g/mol. The summed E-state index contributed by atoms with van der Waals surface area (Å²) in [7, 11) is 1.86. The van der Waals surface area contributed by atoms with E-state index in [9.17, 15) is 14.9 Å². The second kappa shape index (κ2) is 14.6. The number of carbonyl (C=O) groups is 2. The highest BCUT2D eigenvalue weighted by molar-refractivity contribution is 5.98. The van der Waals surface area contributed by atoms with Crippen LogP contribution in [-0.4, -0.2) is 67.2 Å². The van der Waals surface area contributed by atoms with Gasteiger partial charge in [0, 0.05) is 69.4 Å². The molecule has 1 aliphatic rings. The van der Waals surface area contributed by atoms with Crippen LogP contribution in [0, 0.1) is 11.3 Å². The van der Waals surface area contributed by atoms with Crippen molar-refractivity contribution < 1.29 is 9.59 Å². The number of likely N-dealkylation sites (N-methyl/N-ethyl adjacent to an activating group) is 1. The minimum absolute atomic E-state index is 0.0353. The maximum absolute atomic E-state index is 13.7. The summed E-state index contributed by atoms with van der Waals surface area (Å²) in [6.45, 7) is 5.79. The van der Waals surface area contributed by atoms with Gasteiger partial charge in [-0.2, -0.15) is 15.3 Å². The number of amides is 3. The Hall–Kier alpha value is -6.29. The predicted molar refractivity (Wildman–Crippen MR) is 187 cm³/mol. The molecule has 3 amide bonds. The summed E-state index contributed by atoms with van der Waals surface area (Å²) in [5.41, 5.74) is 4.45. The number of hydrogen-bond donors (Lipinski definition) is 2. The average Bonchev–Trinajstić information content (AvgIpc) is 3.79. The molecule has 2 N–H and O–H groups in total. The lowest BCUT2D eigenvalue weighted by atomic mass is 10.1. The molecule has 49 heavy (non-hydrogen) atoms. The van der Waals surface area contributed by atoms with E-state index in [1.54, 1.807) is 24.0 Å². The van der Waals surface area contributed by atoms with Crippen LogP contribution in [0.2, 0.25) is 0 Å². The summed E-state index contributed by atoms with van der Waals surface area (Å²) in [4.78, 5) is 44.9. The van der Waals surface area contributed by atoms with Gasteiger partial charge in [0.25, 0.3) is 0 Å². The van der Waals surface area contributed by atoms with E-state index in [0.717, 1.165) is 23.1 Å². The molecule has 13 nitrogen and oxygen atoms in total. The summed E-state index contributed by atoms with van der Waals surface area (Å²) in [5, 5.41) is 20.3. The van der Waals surface area contributed by atoms with Crippen LogP contribution >= 0.6 is 0 Å². The second-order valence-electron chi connectivity index (χ2n) is 11.7. The summed E-state index contributed by atoms with van der Waals surface area (Å²) in [6, 6.07) is 22.6. The Morgan fingerprint density at radius 3 is 2.45 bits per heavy atom. The molecule has 3 aromatic heterocycles. The maximum atomic E-state index is 13.7. The molecule has 2 aromatic carbocycles. The maximum Gasteiger partial charge on any atom is 0.327 e. The van der Waals surface area contributed by atoms with Crippen molar-refractivity contribution in [2.45, 2.75) is 32.9 Å². The van der Waals surface area contributed by atoms with Gasteiger partial charge in [-0.25, -0.2) is 19.7 Å². The molecule has 1 atom stereocenters. The van der Waals surface area contributed by atoms with Crippen LogP contribution in [0.5, 0.6) is 0 Å². The van der Waals surface area contributed by atoms with Crippen LogP contribution in [0.4, 0.5) is 33.8 Å². The quantitative estimate of drug-likeness (QED) is 0.202. The Kier molecular flexibility index (Phi) is 9.75. The number of aromatic nitrogens is 5. The molecule has 0 bridgehead atoms. The van der Waals surface area contributed by atoms with Crippen molar-refractivity contribution in [1.29, 1.82) is 5.26 Å². The summed E-state index contributed by atoms with van der Waals surface area (Å²) in [5.74, 6) is 1.34. The molecule has 1 saturated heterocycles. The first-order valence-electron chi connectivity index (χ1n) is 16.1. The standard InChI is InChI=1S/C36H37N11O2/c1-4-46(25(2)48)32-16-17-45(24-32)34-28(18-37)21-39-35(43-34)42-30-11-13-31(14-12-30)47(36(49)40-19-26-8-6-5-7-9-26)33-15-10-27(20-38-33)29-22-41-44(3)23-29/h5-15,20-23,32H,4,16-17,19,24H2,1-3H3,(H,40,49)(H,39,42,43). The minimum Gasteiger partial charge on any atom is -0.353 e. The van der Waals surface area contributed by atoms with Gasteiger partial charge in [0.1, 0.15) is 17.5 Å². The fraction of sp³-hybridized carbons (Fsp3) is 0.250. The molecule has 0 radical (unpaired) electrons. The molecular weight excluding hydrogens is 618 g/mol. The van der Waals surface area contributed by atoms with Crippen molar-refractivity contribution in [1.82, 2.24) is 34.9 Å². The third-order valence-corrected chi connectivity index (χ3v) is 8.42. The first-order chi connectivity index (χ1) is 23.8. The number of urea groups is 1. The fourth-order valence-corrected chi connectivity index (χ4v) is 5.97. The van der Waals surface area contributed by atoms with Crippen LogP contribution < -0.4 is 20.4 Å². The van der Waals surface area contributed by atoms with E-state index >= 15 is 0 Å². The van der Waals surface area contributed by atoms with E-state index in [4.69, 9.17) is 4.98 Å².